The van der Waals surface area contributed by atoms with Crippen molar-refractivity contribution in [3.05, 3.63) is 53.2 Å². The quantitative estimate of drug-likeness (QED) is 0.706. The van der Waals surface area contributed by atoms with Crippen LogP contribution in [0.5, 0.6) is 17.2 Å². The highest BCUT2D eigenvalue weighted by atomic mass is 32.2. The second-order valence-electron chi connectivity index (χ2n) is 6.75. The predicted octanol–water partition coefficient (Wildman–Crippen LogP) is 3.60. The topological polar surface area (TPSA) is 74.6 Å². The van der Waals surface area contributed by atoms with Crippen LogP contribution in [-0.2, 0) is 4.79 Å². The van der Waals surface area contributed by atoms with Gasteiger partial charge in [0.2, 0.25) is 16.8 Å². The first-order valence-corrected chi connectivity index (χ1v) is 10.1. The van der Waals surface area contributed by atoms with Gasteiger partial charge >= 0.3 is 0 Å². The van der Waals surface area contributed by atoms with E-state index < -0.39 is 0 Å². The number of nitrogens with zero attached hydrogens (tertiary/aromatic N) is 2. The standard InChI is InChI=1S/C21H19N3O4S/c1-26-15-8-11(9-16(27-2)19(15)28-3)18-17-13(10-29-20(17)25)23-21-22-12-6-4-5-7-14(12)24(18)21/h4-9,18H,10H2,1-3H3,(H,22,23). The molecule has 0 spiro atoms. The molecular formula is C21H19N3O4S. The monoisotopic (exact) mass is 409 g/mol. The van der Waals surface area contributed by atoms with Gasteiger partial charge in [-0.25, -0.2) is 4.98 Å². The van der Waals surface area contributed by atoms with Crippen LogP contribution in [0.3, 0.4) is 0 Å². The Labute approximate surface area is 171 Å². The van der Waals surface area contributed by atoms with Crippen LogP contribution in [0.25, 0.3) is 11.0 Å². The summed E-state index contributed by atoms with van der Waals surface area (Å²) in [5.74, 6) is 2.94. The highest BCUT2D eigenvalue weighted by Crippen LogP contribution is 2.48. The maximum atomic E-state index is 12.8. The Morgan fingerprint density at radius 1 is 1.10 bits per heavy atom. The van der Waals surface area contributed by atoms with Crippen LogP contribution in [0.15, 0.2) is 47.7 Å². The Morgan fingerprint density at radius 3 is 2.52 bits per heavy atom. The van der Waals surface area contributed by atoms with E-state index in [1.165, 1.54) is 11.8 Å². The van der Waals surface area contributed by atoms with Gasteiger partial charge in [0.1, 0.15) is 0 Å². The Balaban J connectivity index is 1.80. The maximum Gasteiger partial charge on any atom is 0.219 e. The van der Waals surface area contributed by atoms with Crippen molar-refractivity contribution >= 4 is 33.9 Å². The van der Waals surface area contributed by atoms with Crippen LogP contribution in [0, 0.1) is 0 Å². The third kappa shape index (κ3) is 2.59. The van der Waals surface area contributed by atoms with Crippen molar-refractivity contribution in [2.24, 2.45) is 0 Å². The Bertz CT molecular complexity index is 1160. The third-order valence-corrected chi connectivity index (χ3v) is 6.20. The van der Waals surface area contributed by atoms with Crippen molar-refractivity contribution in [2.75, 3.05) is 32.4 Å². The van der Waals surface area contributed by atoms with Crippen molar-refractivity contribution in [2.45, 2.75) is 6.04 Å². The molecule has 7 nitrogen and oxygen atoms in total. The summed E-state index contributed by atoms with van der Waals surface area (Å²) in [5.41, 5.74) is 4.33. The number of fused-ring (bicyclic) bond motifs is 3. The molecule has 1 N–H and O–H groups in total. The molecule has 3 aromatic rings. The Kier molecular flexibility index (Phi) is 4.16. The highest BCUT2D eigenvalue weighted by Gasteiger charge is 2.39. The molecule has 0 saturated carbocycles. The van der Waals surface area contributed by atoms with Gasteiger partial charge in [-0.2, -0.15) is 0 Å². The summed E-state index contributed by atoms with van der Waals surface area (Å²) in [5, 5.41) is 3.43. The molecule has 8 heteroatoms. The molecule has 0 amide bonds. The largest absolute Gasteiger partial charge is 0.493 e. The van der Waals surface area contributed by atoms with Gasteiger partial charge in [0.15, 0.2) is 11.5 Å². The van der Waals surface area contributed by atoms with E-state index in [4.69, 9.17) is 19.2 Å². The molecule has 0 radical (unpaired) electrons. The number of rotatable bonds is 4. The van der Waals surface area contributed by atoms with Crippen LogP contribution in [0.4, 0.5) is 5.95 Å². The summed E-state index contributed by atoms with van der Waals surface area (Å²) in [6, 6.07) is 11.4. The fourth-order valence-electron chi connectivity index (χ4n) is 4.03. The van der Waals surface area contributed by atoms with E-state index in [1.807, 2.05) is 36.4 Å². The van der Waals surface area contributed by atoms with E-state index in [9.17, 15) is 4.79 Å². The molecule has 29 heavy (non-hydrogen) atoms. The molecule has 5 rings (SSSR count). The first kappa shape index (κ1) is 17.9. The molecular weight excluding hydrogens is 390 g/mol. The Hall–Kier alpha value is -3.13. The number of aromatic nitrogens is 2. The van der Waals surface area contributed by atoms with Gasteiger partial charge in [0, 0.05) is 11.4 Å². The number of methoxy groups -OCH3 is 3. The predicted molar refractivity (Wildman–Crippen MR) is 112 cm³/mol. The van der Waals surface area contributed by atoms with E-state index in [0.29, 0.717) is 23.0 Å². The summed E-state index contributed by atoms with van der Waals surface area (Å²) in [6.45, 7) is 0. The van der Waals surface area contributed by atoms with E-state index >= 15 is 0 Å². The second-order valence-corrected chi connectivity index (χ2v) is 7.70. The Morgan fingerprint density at radius 2 is 1.83 bits per heavy atom. The van der Waals surface area contributed by atoms with Crippen LogP contribution in [-0.4, -0.2) is 41.7 Å². The van der Waals surface area contributed by atoms with Crippen molar-refractivity contribution in [3.8, 4) is 17.2 Å². The van der Waals surface area contributed by atoms with Crippen LogP contribution < -0.4 is 19.5 Å². The number of thioether (sulfide) groups is 1. The van der Waals surface area contributed by atoms with Gasteiger partial charge in [-0.15, -0.1) is 0 Å². The minimum atomic E-state index is -0.343. The smallest absolute Gasteiger partial charge is 0.219 e. The number of hydrogen-bond acceptors (Lipinski definition) is 7. The average Bonchev–Trinajstić information content (AvgIpc) is 3.31. The van der Waals surface area contributed by atoms with E-state index in [2.05, 4.69) is 9.88 Å². The van der Waals surface area contributed by atoms with Gasteiger partial charge in [-0.3, -0.25) is 9.36 Å². The third-order valence-electron chi connectivity index (χ3n) is 5.29. The first-order valence-electron chi connectivity index (χ1n) is 9.10. The number of imidazole rings is 1. The van der Waals surface area contributed by atoms with Gasteiger partial charge in [-0.05, 0) is 29.8 Å². The van der Waals surface area contributed by atoms with E-state index in [1.54, 1.807) is 21.3 Å². The fraction of sp³-hybridized carbons (Fsp3) is 0.238. The van der Waals surface area contributed by atoms with Gasteiger partial charge in [-0.1, -0.05) is 23.9 Å². The van der Waals surface area contributed by atoms with Gasteiger partial charge < -0.3 is 19.5 Å². The first-order chi connectivity index (χ1) is 14.2. The molecule has 1 unspecified atom stereocenters. The molecule has 2 aromatic carbocycles. The number of anilines is 1. The van der Waals surface area contributed by atoms with Crippen LogP contribution >= 0.6 is 11.8 Å². The lowest BCUT2D eigenvalue weighted by Gasteiger charge is -2.29. The lowest BCUT2D eigenvalue weighted by molar-refractivity contribution is -0.108. The highest BCUT2D eigenvalue weighted by molar-refractivity contribution is 8.14. The zero-order chi connectivity index (χ0) is 20.1. The van der Waals surface area contributed by atoms with E-state index in [0.717, 1.165) is 33.8 Å². The van der Waals surface area contributed by atoms with Crippen molar-refractivity contribution in [3.63, 3.8) is 0 Å². The number of benzene rings is 2. The fourth-order valence-corrected chi connectivity index (χ4v) is 4.92. The summed E-state index contributed by atoms with van der Waals surface area (Å²) in [4.78, 5) is 17.6. The van der Waals surface area contributed by atoms with Crippen LogP contribution in [0.2, 0.25) is 0 Å². The van der Waals surface area contributed by atoms with Gasteiger partial charge in [0.05, 0.1) is 44.0 Å². The summed E-state index contributed by atoms with van der Waals surface area (Å²) >= 11 is 1.30. The lowest BCUT2D eigenvalue weighted by atomic mass is 9.95. The van der Waals surface area contributed by atoms with Crippen LogP contribution in [0.1, 0.15) is 11.6 Å². The number of nitrogens with one attached hydrogen (secondary N) is 1. The zero-order valence-electron chi connectivity index (χ0n) is 16.2. The van der Waals surface area contributed by atoms with Crippen molar-refractivity contribution in [1.29, 1.82) is 0 Å². The lowest BCUT2D eigenvalue weighted by Crippen LogP contribution is -2.25. The van der Waals surface area contributed by atoms with Crippen molar-refractivity contribution < 1.29 is 19.0 Å². The molecule has 0 saturated heterocycles. The normalized spacial score (nSPS) is 17.8. The average molecular weight is 409 g/mol. The number of ether oxygens (including phenoxy) is 3. The summed E-state index contributed by atoms with van der Waals surface area (Å²) in [6.07, 6.45) is 0. The summed E-state index contributed by atoms with van der Waals surface area (Å²) < 4.78 is 18.6. The number of para-hydroxylation sites is 2. The summed E-state index contributed by atoms with van der Waals surface area (Å²) in [7, 11) is 4.75. The molecule has 148 valence electrons. The molecule has 2 aliphatic rings. The molecule has 1 aromatic heterocycles. The molecule has 1 atom stereocenters. The zero-order valence-corrected chi connectivity index (χ0v) is 17.0. The number of carbonyl (C=O) groups is 1. The minimum absolute atomic E-state index is 0.0645. The maximum absolute atomic E-state index is 12.8. The number of hydrogen-bond donors (Lipinski definition) is 1. The van der Waals surface area contributed by atoms with Gasteiger partial charge in [0.25, 0.3) is 0 Å². The molecule has 2 aliphatic heterocycles. The molecule has 3 heterocycles. The second kappa shape index (κ2) is 6.73. The molecule has 0 aliphatic carbocycles. The van der Waals surface area contributed by atoms with E-state index in [-0.39, 0.29) is 11.2 Å². The minimum Gasteiger partial charge on any atom is -0.493 e. The SMILES string of the molecule is COc1cc(C2C3=C(CSC3=O)Nc3nc4ccccc4n32)cc(OC)c1OC. The molecule has 0 fully saturated rings. The number of carbonyl (C=O) groups excluding carboxylic acids is 1. The molecule has 0 bridgehead atoms. The van der Waals surface area contributed by atoms with Crippen molar-refractivity contribution in [1.82, 2.24) is 9.55 Å².